The highest BCUT2D eigenvalue weighted by Gasteiger charge is 2.30. The first kappa shape index (κ1) is 39.1. The predicted octanol–water partition coefficient (Wildman–Crippen LogP) is 5.42. The lowest BCUT2D eigenvalue weighted by Gasteiger charge is -2.28. The second-order valence-electron chi connectivity index (χ2n) is 15.4. The summed E-state index contributed by atoms with van der Waals surface area (Å²) in [6.07, 6.45) is 6.01. The van der Waals surface area contributed by atoms with Gasteiger partial charge in [0.25, 0.3) is 5.91 Å². The van der Waals surface area contributed by atoms with Gasteiger partial charge >= 0.3 is 5.69 Å². The first-order valence-electron chi connectivity index (χ1n) is 19.7. The SMILES string of the molecule is Cc1cc(-c2cc(N(C)C)c(N(C)c3cc(C4CCOCC4)c4c(c3)n(C)c(=O)n4C)cn2)cnc1C(=O)NCC#Cc1cc2c(C3CCC(=O)NC3=O)cccc2o1. The van der Waals surface area contributed by atoms with Crippen LogP contribution >= 0.6 is 0 Å². The van der Waals surface area contributed by atoms with E-state index in [4.69, 9.17) is 14.1 Å². The van der Waals surface area contributed by atoms with Gasteiger partial charge in [-0.15, -0.1) is 0 Å². The van der Waals surface area contributed by atoms with E-state index in [-0.39, 0.29) is 48.0 Å². The van der Waals surface area contributed by atoms with Crippen molar-refractivity contribution in [3.63, 3.8) is 0 Å². The number of pyridine rings is 2. The summed E-state index contributed by atoms with van der Waals surface area (Å²) in [4.78, 5) is 64.0. The van der Waals surface area contributed by atoms with Crippen molar-refractivity contribution in [1.29, 1.82) is 0 Å². The molecule has 2 saturated heterocycles. The van der Waals surface area contributed by atoms with Gasteiger partial charge in [-0.1, -0.05) is 18.1 Å². The maximum atomic E-state index is 13.2. The van der Waals surface area contributed by atoms with Gasteiger partial charge in [0.15, 0.2) is 5.76 Å². The van der Waals surface area contributed by atoms with Crippen LogP contribution in [-0.4, -0.2) is 77.7 Å². The third kappa shape index (κ3) is 7.45. The van der Waals surface area contributed by atoms with Crippen molar-refractivity contribution in [2.75, 3.05) is 50.7 Å². The summed E-state index contributed by atoms with van der Waals surface area (Å²) in [5.74, 6) is 5.20. The van der Waals surface area contributed by atoms with Gasteiger partial charge < -0.3 is 24.3 Å². The second-order valence-corrected chi connectivity index (χ2v) is 15.4. The molecule has 2 fully saturated rings. The Kier molecular flexibility index (Phi) is 10.5. The van der Waals surface area contributed by atoms with Gasteiger partial charge in [0, 0.05) is 83.8 Å². The van der Waals surface area contributed by atoms with Crippen LogP contribution < -0.4 is 26.1 Å². The molecular formula is C45H46N8O6. The number of nitrogens with one attached hydrogen (secondary N) is 2. The lowest BCUT2D eigenvalue weighted by atomic mass is 9.88. The van der Waals surface area contributed by atoms with E-state index in [9.17, 15) is 19.2 Å². The Morgan fingerprint density at radius 2 is 1.75 bits per heavy atom. The molecule has 2 aromatic carbocycles. The first-order chi connectivity index (χ1) is 28.4. The summed E-state index contributed by atoms with van der Waals surface area (Å²) in [6.45, 7) is 3.29. The van der Waals surface area contributed by atoms with Crippen LogP contribution in [0.5, 0.6) is 0 Å². The molecule has 3 amide bonds. The summed E-state index contributed by atoms with van der Waals surface area (Å²) in [6, 6.07) is 15.5. The van der Waals surface area contributed by atoms with E-state index in [0.29, 0.717) is 42.2 Å². The van der Waals surface area contributed by atoms with Gasteiger partial charge in [0.1, 0.15) is 11.3 Å². The van der Waals surface area contributed by atoms with Crippen LogP contribution in [0.4, 0.5) is 17.1 Å². The predicted molar refractivity (Wildman–Crippen MR) is 226 cm³/mol. The minimum atomic E-state index is -0.445. The van der Waals surface area contributed by atoms with Crippen molar-refractivity contribution in [3.8, 4) is 23.1 Å². The number of piperidine rings is 1. The van der Waals surface area contributed by atoms with E-state index in [2.05, 4.69) is 44.5 Å². The zero-order valence-electron chi connectivity index (χ0n) is 34.0. The number of hydrogen-bond donors (Lipinski definition) is 2. The summed E-state index contributed by atoms with van der Waals surface area (Å²) in [7, 11) is 9.64. The highest BCUT2D eigenvalue weighted by molar-refractivity contribution is 6.03. The van der Waals surface area contributed by atoms with Crippen molar-refractivity contribution >= 4 is 56.8 Å². The van der Waals surface area contributed by atoms with Crippen LogP contribution in [0.3, 0.4) is 0 Å². The number of imidazole rings is 1. The first-order valence-corrected chi connectivity index (χ1v) is 19.7. The van der Waals surface area contributed by atoms with Gasteiger partial charge in [-0.25, -0.2) is 4.79 Å². The van der Waals surface area contributed by atoms with Crippen LogP contribution in [0.25, 0.3) is 33.3 Å². The summed E-state index contributed by atoms with van der Waals surface area (Å²) in [5, 5.41) is 6.01. The fourth-order valence-electron chi connectivity index (χ4n) is 8.27. The number of anilines is 3. The fourth-order valence-corrected chi connectivity index (χ4v) is 8.27. The van der Waals surface area contributed by atoms with E-state index in [1.165, 1.54) is 0 Å². The number of nitrogens with zero attached hydrogens (tertiary/aromatic N) is 6. The third-order valence-electron chi connectivity index (χ3n) is 11.5. The van der Waals surface area contributed by atoms with Crippen molar-refractivity contribution in [2.24, 2.45) is 14.1 Å². The lowest BCUT2D eigenvalue weighted by Crippen LogP contribution is -2.39. The number of rotatable bonds is 8. The average Bonchev–Trinajstić information content (AvgIpc) is 3.76. The zero-order valence-corrected chi connectivity index (χ0v) is 34.0. The Hall–Kier alpha value is -6.72. The van der Waals surface area contributed by atoms with Crippen LogP contribution in [0, 0.1) is 18.8 Å². The quantitative estimate of drug-likeness (QED) is 0.151. The summed E-state index contributed by atoms with van der Waals surface area (Å²) in [5.41, 5.74) is 9.51. The van der Waals surface area contributed by atoms with Crippen molar-refractivity contribution < 1.29 is 23.5 Å². The molecule has 0 spiro atoms. The molecule has 0 aliphatic carbocycles. The molecule has 14 heteroatoms. The number of fused-ring (bicyclic) bond motifs is 2. The Balaban J connectivity index is 0.987. The zero-order chi connectivity index (χ0) is 41.5. The molecule has 4 aromatic heterocycles. The highest BCUT2D eigenvalue weighted by atomic mass is 16.5. The molecule has 59 heavy (non-hydrogen) atoms. The van der Waals surface area contributed by atoms with E-state index in [1.54, 1.807) is 27.5 Å². The largest absolute Gasteiger partial charge is 0.448 e. The van der Waals surface area contributed by atoms with Gasteiger partial charge in [-0.3, -0.25) is 38.8 Å². The number of carbonyl (C=O) groups is 3. The normalized spacial score (nSPS) is 15.9. The molecule has 0 bridgehead atoms. The van der Waals surface area contributed by atoms with Gasteiger partial charge in [0.05, 0.1) is 46.8 Å². The summed E-state index contributed by atoms with van der Waals surface area (Å²) < 4.78 is 15.0. The molecule has 0 radical (unpaired) electrons. The minimum Gasteiger partial charge on any atom is -0.448 e. The number of carbonyl (C=O) groups excluding carboxylic acids is 3. The van der Waals surface area contributed by atoms with Gasteiger partial charge in [-0.2, -0.15) is 0 Å². The van der Waals surface area contributed by atoms with E-state index >= 15 is 0 Å². The number of benzene rings is 2. The number of aromatic nitrogens is 4. The number of imide groups is 1. The topological polar surface area (TPSA) is 157 Å². The number of amides is 3. The highest BCUT2D eigenvalue weighted by Crippen LogP contribution is 2.40. The molecule has 14 nitrogen and oxygen atoms in total. The average molecular weight is 795 g/mol. The Morgan fingerprint density at radius 1 is 0.949 bits per heavy atom. The molecular weight excluding hydrogens is 749 g/mol. The van der Waals surface area contributed by atoms with Gasteiger partial charge in [0.2, 0.25) is 11.8 Å². The van der Waals surface area contributed by atoms with Crippen molar-refractivity contribution in [2.45, 2.75) is 44.4 Å². The maximum Gasteiger partial charge on any atom is 0.328 e. The molecule has 1 atom stereocenters. The Morgan fingerprint density at radius 3 is 2.49 bits per heavy atom. The number of ether oxygens (including phenoxy) is 1. The van der Waals surface area contributed by atoms with E-state index < -0.39 is 5.92 Å². The van der Waals surface area contributed by atoms with E-state index in [0.717, 1.165) is 63.0 Å². The van der Waals surface area contributed by atoms with Crippen molar-refractivity contribution in [1.82, 2.24) is 29.7 Å². The van der Waals surface area contributed by atoms with Gasteiger partial charge in [-0.05, 0) is 85.0 Å². The molecule has 302 valence electrons. The van der Waals surface area contributed by atoms with Crippen LogP contribution in [-0.2, 0) is 28.4 Å². The van der Waals surface area contributed by atoms with E-state index in [1.807, 2.05) is 77.5 Å². The van der Waals surface area contributed by atoms with Crippen LogP contribution in [0.2, 0.25) is 0 Å². The minimum absolute atomic E-state index is 0.0576. The summed E-state index contributed by atoms with van der Waals surface area (Å²) >= 11 is 0. The molecule has 6 aromatic rings. The fraction of sp³-hybridized carbons (Fsp3) is 0.333. The molecule has 0 saturated carbocycles. The number of aryl methyl sites for hydroxylation is 3. The Bertz CT molecular complexity index is 2780. The molecule has 2 aliphatic rings. The molecule has 1 unspecified atom stereocenters. The number of hydrogen-bond acceptors (Lipinski definition) is 10. The Labute approximate surface area is 341 Å². The van der Waals surface area contributed by atoms with Crippen LogP contribution in [0.15, 0.2) is 70.1 Å². The standard InChI is InChI=1S/C45H46N8O6/c1-26-19-28(24-48-41(26)44(56)46-16-8-9-30-22-34-31(10-7-11-39(34)59-30)32-12-13-40(54)49-43(32)55)35-23-36(50(2)3)38(25-47-35)51(4)29-20-33(27-14-17-58-18-15-27)42-37(21-29)52(5)45(57)53(42)6/h7,10-11,19-25,27,32H,12-18H2,1-6H3,(H,46,56)(H,49,54,55). The lowest BCUT2D eigenvalue weighted by molar-refractivity contribution is -0.134. The third-order valence-corrected chi connectivity index (χ3v) is 11.5. The van der Waals surface area contributed by atoms with Crippen molar-refractivity contribution in [3.05, 3.63) is 99.6 Å². The molecule has 8 rings (SSSR count). The maximum absolute atomic E-state index is 13.2. The number of furan rings is 1. The molecule has 2 aliphatic heterocycles. The molecule has 2 N–H and O–H groups in total. The molecule has 6 heterocycles. The van der Waals surface area contributed by atoms with Crippen LogP contribution in [0.1, 0.15) is 70.5 Å². The smallest absolute Gasteiger partial charge is 0.328 e. The second kappa shape index (κ2) is 15.9. The monoisotopic (exact) mass is 794 g/mol.